The van der Waals surface area contributed by atoms with Crippen molar-refractivity contribution in [2.24, 2.45) is 0 Å². The minimum atomic E-state index is -0.564. The molecule has 1 saturated carbocycles. The van der Waals surface area contributed by atoms with Crippen LogP contribution in [0.25, 0.3) is 0 Å². The van der Waals surface area contributed by atoms with Gasteiger partial charge in [0.05, 0.1) is 37.9 Å². The molecule has 3 rings (SSSR count). The number of methoxy groups -OCH3 is 1. The Morgan fingerprint density at radius 3 is 2.53 bits per heavy atom. The monoisotopic (exact) mass is 421 g/mol. The summed E-state index contributed by atoms with van der Waals surface area (Å²) < 4.78 is 16.2. The lowest BCUT2D eigenvalue weighted by Crippen LogP contribution is -2.59. The lowest BCUT2D eigenvalue weighted by atomic mass is 9.79. The first-order valence-corrected chi connectivity index (χ1v) is 10.6. The molecule has 1 aliphatic heterocycles. The lowest BCUT2D eigenvalue weighted by molar-refractivity contribution is -0.385. The molecule has 0 aromatic heterocycles. The van der Waals surface area contributed by atoms with E-state index in [0.717, 1.165) is 38.8 Å². The van der Waals surface area contributed by atoms with Crippen LogP contribution in [0.1, 0.15) is 49.4 Å². The van der Waals surface area contributed by atoms with Crippen molar-refractivity contribution in [2.75, 3.05) is 46.6 Å². The van der Waals surface area contributed by atoms with Crippen LogP contribution in [0.5, 0.6) is 11.5 Å². The molecule has 1 aliphatic carbocycles. The highest BCUT2D eigenvalue weighted by Gasteiger charge is 2.39. The summed E-state index contributed by atoms with van der Waals surface area (Å²) in [5, 5.41) is 14.6. The molecule has 0 unspecified atom stereocenters. The molecule has 0 spiro atoms. The van der Waals surface area contributed by atoms with Crippen molar-refractivity contribution in [3.63, 3.8) is 0 Å². The summed E-state index contributed by atoms with van der Waals surface area (Å²) in [5.41, 5.74) is -0.434. The van der Waals surface area contributed by atoms with Gasteiger partial charge in [0, 0.05) is 31.2 Å². The number of nitro groups is 1. The fourth-order valence-electron chi connectivity index (χ4n) is 4.50. The predicted octanol–water partition coefficient (Wildman–Crippen LogP) is 2.77. The van der Waals surface area contributed by atoms with Crippen LogP contribution in [0.3, 0.4) is 0 Å². The molecular formula is C21H31N3O6. The number of amides is 1. The Morgan fingerprint density at radius 2 is 1.93 bits per heavy atom. The van der Waals surface area contributed by atoms with Crippen molar-refractivity contribution in [3.8, 4) is 11.5 Å². The molecule has 30 heavy (non-hydrogen) atoms. The Balaban J connectivity index is 1.83. The molecule has 1 aromatic carbocycles. The van der Waals surface area contributed by atoms with Crippen molar-refractivity contribution in [1.82, 2.24) is 10.2 Å². The number of nitrogens with zero attached hydrogens (tertiary/aromatic N) is 2. The van der Waals surface area contributed by atoms with Crippen molar-refractivity contribution >= 4 is 11.6 Å². The van der Waals surface area contributed by atoms with E-state index in [1.165, 1.54) is 25.7 Å². The molecule has 2 fully saturated rings. The maximum absolute atomic E-state index is 13.0. The van der Waals surface area contributed by atoms with Crippen LogP contribution in [0.4, 0.5) is 5.69 Å². The van der Waals surface area contributed by atoms with Gasteiger partial charge in [0.15, 0.2) is 11.5 Å². The largest absolute Gasteiger partial charge is 0.493 e. The molecule has 2 aliphatic rings. The number of nitrogens with one attached hydrogen (secondary N) is 1. The van der Waals surface area contributed by atoms with E-state index in [2.05, 4.69) is 10.2 Å². The first-order valence-electron chi connectivity index (χ1n) is 10.6. The molecule has 166 valence electrons. The molecule has 1 aromatic rings. The maximum atomic E-state index is 13.0. The Labute approximate surface area is 176 Å². The Morgan fingerprint density at radius 1 is 1.23 bits per heavy atom. The number of carbonyl (C=O) groups excluding carboxylic acids is 1. The molecule has 1 N–H and O–H groups in total. The van der Waals surface area contributed by atoms with Gasteiger partial charge in [-0.15, -0.1) is 0 Å². The number of rotatable bonds is 8. The molecule has 0 bridgehead atoms. The van der Waals surface area contributed by atoms with Crippen molar-refractivity contribution in [1.29, 1.82) is 0 Å². The van der Waals surface area contributed by atoms with Crippen LogP contribution in [0.15, 0.2) is 12.1 Å². The average molecular weight is 421 g/mol. The zero-order chi connectivity index (χ0) is 21.6. The van der Waals surface area contributed by atoms with E-state index in [0.29, 0.717) is 32.1 Å². The first-order chi connectivity index (χ1) is 14.5. The third-order valence-corrected chi connectivity index (χ3v) is 6.07. The minimum Gasteiger partial charge on any atom is -0.493 e. The molecule has 9 nitrogen and oxygen atoms in total. The predicted molar refractivity (Wildman–Crippen MR) is 111 cm³/mol. The van der Waals surface area contributed by atoms with E-state index >= 15 is 0 Å². The number of morpholine rings is 1. The van der Waals surface area contributed by atoms with Gasteiger partial charge in [-0.1, -0.05) is 19.3 Å². The second-order valence-corrected chi connectivity index (χ2v) is 7.78. The minimum absolute atomic E-state index is 0.0165. The van der Waals surface area contributed by atoms with E-state index in [9.17, 15) is 14.9 Å². The van der Waals surface area contributed by atoms with Crippen molar-refractivity contribution in [2.45, 2.75) is 44.6 Å². The van der Waals surface area contributed by atoms with Gasteiger partial charge >= 0.3 is 0 Å². The smallest absolute Gasteiger partial charge is 0.286 e. The fourth-order valence-corrected chi connectivity index (χ4v) is 4.50. The number of nitro benzene ring substituents is 1. The quantitative estimate of drug-likeness (QED) is 0.508. The van der Waals surface area contributed by atoms with Gasteiger partial charge in [-0.2, -0.15) is 0 Å². The SMILES string of the molecule is CCOc1cc(C(=O)NCC2(N3CCOCC3)CCCCC2)c([N+](=O)[O-])cc1OC. The van der Waals surface area contributed by atoms with Gasteiger partial charge in [0.2, 0.25) is 0 Å². The maximum Gasteiger partial charge on any atom is 0.286 e. The molecule has 1 heterocycles. The van der Waals surface area contributed by atoms with Crippen LogP contribution < -0.4 is 14.8 Å². The van der Waals surface area contributed by atoms with Crippen molar-refractivity contribution in [3.05, 3.63) is 27.8 Å². The third-order valence-electron chi connectivity index (χ3n) is 6.07. The zero-order valence-corrected chi connectivity index (χ0v) is 17.8. The molecule has 0 radical (unpaired) electrons. The molecule has 1 saturated heterocycles. The van der Waals surface area contributed by atoms with Gasteiger partial charge in [-0.25, -0.2) is 0 Å². The van der Waals surface area contributed by atoms with Gasteiger partial charge in [0.1, 0.15) is 5.56 Å². The summed E-state index contributed by atoms with van der Waals surface area (Å²) in [6, 6.07) is 2.65. The van der Waals surface area contributed by atoms with Crippen LogP contribution >= 0.6 is 0 Å². The lowest BCUT2D eigenvalue weighted by Gasteiger charge is -2.48. The number of hydrogen-bond acceptors (Lipinski definition) is 7. The second-order valence-electron chi connectivity index (χ2n) is 7.78. The summed E-state index contributed by atoms with van der Waals surface area (Å²) in [4.78, 5) is 26.5. The molecule has 9 heteroatoms. The van der Waals surface area contributed by atoms with E-state index < -0.39 is 10.8 Å². The molecular weight excluding hydrogens is 390 g/mol. The van der Waals surface area contributed by atoms with Crippen molar-refractivity contribution < 1.29 is 23.9 Å². The van der Waals surface area contributed by atoms with Crippen LogP contribution in [-0.2, 0) is 4.74 Å². The van der Waals surface area contributed by atoms with E-state index in [1.54, 1.807) is 6.92 Å². The molecule has 1 amide bonds. The van der Waals surface area contributed by atoms with E-state index in [1.807, 2.05) is 0 Å². The Kier molecular flexibility index (Phi) is 7.49. The second kappa shape index (κ2) is 10.1. The summed E-state index contributed by atoms with van der Waals surface area (Å²) >= 11 is 0. The van der Waals surface area contributed by atoms with E-state index in [-0.39, 0.29) is 22.5 Å². The molecule has 0 atom stereocenters. The zero-order valence-electron chi connectivity index (χ0n) is 17.8. The van der Waals surface area contributed by atoms with Gasteiger partial charge < -0.3 is 19.5 Å². The topological polar surface area (TPSA) is 103 Å². The standard InChI is InChI=1S/C21H31N3O6/c1-3-30-19-13-16(17(24(26)27)14-18(19)28-2)20(25)22-15-21(7-5-4-6-8-21)23-9-11-29-12-10-23/h13-14H,3-12,15H2,1-2H3,(H,22,25). The third kappa shape index (κ3) is 4.84. The number of ether oxygens (including phenoxy) is 3. The average Bonchev–Trinajstić information content (AvgIpc) is 2.78. The summed E-state index contributed by atoms with van der Waals surface area (Å²) in [6.07, 6.45) is 5.43. The normalized spacial score (nSPS) is 19.1. The van der Waals surface area contributed by atoms with Crippen LogP contribution in [0, 0.1) is 10.1 Å². The highest BCUT2D eigenvalue weighted by atomic mass is 16.6. The fraction of sp³-hybridized carbons (Fsp3) is 0.667. The van der Waals surface area contributed by atoms with Gasteiger partial charge in [-0.05, 0) is 19.8 Å². The van der Waals surface area contributed by atoms with Crippen LogP contribution in [-0.4, -0.2) is 67.8 Å². The van der Waals surface area contributed by atoms with Crippen LogP contribution in [0.2, 0.25) is 0 Å². The highest BCUT2D eigenvalue weighted by molar-refractivity contribution is 5.99. The summed E-state index contributed by atoms with van der Waals surface area (Å²) in [5.74, 6) is 0.0805. The van der Waals surface area contributed by atoms with E-state index in [4.69, 9.17) is 14.2 Å². The number of carbonyl (C=O) groups is 1. The van der Waals surface area contributed by atoms with Gasteiger partial charge in [0.25, 0.3) is 11.6 Å². The first kappa shape index (κ1) is 22.3. The number of benzene rings is 1. The number of hydrogen-bond donors (Lipinski definition) is 1. The highest BCUT2D eigenvalue weighted by Crippen LogP contribution is 2.36. The Bertz CT molecular complexity index is 757. The van der Waals surface area contributed by atoms with Gasteiger partial charge in [-0.3, -0.25) is 19.8 Å². The summed E-state index contributed by atoms with van der Waals surface area (Å²) in [6.45, 7) is 5.68. The summed E-state index contributed by atoms with van der Waals surface area (Å²) in [7, 11) is 1.41. The Hall–Kier alpha value is -2.39.